The number of carbonyl (C=O) groups is 1. The third-order valence-corrected chi connectivity index (χ3v) is 6.38. The Hall–Kier alpha value is -2.96. The summed E-state index contributed by atoms with van der Waals surface area (Å²) in [6, 6.07) is 24.6. The average Bonchev–Trinajstić information content (AvgIpc) is 2.74. The highest BCUT2D eigenvalue weighted by atomic mass is 32.2. The average molecular weight is 409 g/mol. The van der Waals surface area contributed by atoms with E-state index in [-0.39, 0.29) is 23.1 Å². The molecule has 3 rings (SSSR count). The molecule has 2 N–H and O–H groups in total. The van der Waals surface area contributed by atoms with Crippen LogP contribution >= 0.6 is 0 Å². The molecule has 0 aliphatic rings. The highest BCUT2D eigenvalue weighted by Crippen LogP contribution is 2.28. The van der Waals surface area contributed by atoms with E-state index >= 15 is 0 Å². The Kier molecular flexibility index (Phi) is 6.46. The van der Waals surface area contributed by atoms with E-state index in [1.54, 1.807) is 19.1 Å². The van der Waals surface area contributed by atoms with Crippen LogP contribution in [0.15, 0.2) is 83.8 Å². The van der Waals surface area contributed by atoms with E-state index in [0.717, 1.165) is 11.1 Å². The molecule has 0 heterocycles. The van der Waals surface area contributed by atoms with E-state index in [1.807, 2.05) is 60.7 Å². The highest BCUT2D eigenvalue weighted by Gasteiger charge is 2.19. The largest absolute Gasteiger partial charge is 0.326 e. The molecule has 0 aliphatic carbocycles. The molecule has 29 heavy (non-hydrogen) atoms. The van der Waals surface area contributed by atoms with Crippen molar-refractivity contribution in [3.63, 3.8) is 0 Å². The molecule has 1 amide bonds. The smallest absolute Gasteiger partial charge is 0.240 e. The van der Waals surface area contributed by atoms with Crippen molar-refractivity contribution in [3.05, 3.63) is 95.6 Å². The van der Waals surface area contributed by atoms with Gasteiger partial charge in [0.05, 0.1) is 4.90 Å². The Bertz CT molecular complexity index is 1040. The molecule has 0 atom stereocenters. The molecule has 0 aliphatic heterocycles. The van der Waals surface area contributed by atoms with Gasteiger partial charge in [0.2, 0.25) is 15.9 Å². The van der Waals surface area contributed by atoms with Gasteiger partial charge in [0.15, 0.2) is 0 Å². The topological polar surface area (TPSA) is 75.3 Å². The zero-order valence-electron chi connectivity index (χ0n) is 16.4. The Balaban J connectivity index is 1.84. The van der Waals surface area contributed by atoms with Crippen LogP contribution in [-0.2, 0) is 14.8 Å². The van der Waals surface area contributed by atoms with E-state index in [1.165, 1.54) is 13.1 Å². The summed E-state index contributed by atoms with van der Waals surface area (Å²) in [5.74, 6) is -0.275. The normalized spacial score (nSPS) is 11.4. The van der Waals surface area contributed by atoms with Crippen molar-refractivity contribution in [1.29, 1.82) is 0 Å². The maximum absolute atomic E-state index is 12.8. The van der Waals surface area contributed by atoms with Gasteiger partial charge < -0.3 is 5.32 Å². The number of aryl methyl sites for hydroxylation is 1. The third-order valence-electron chi connectivity index (χ3n) is 4.82. The van der Waals surface area contributed by atoms with Crippen molar-refractivity contribution >= 4 is 21.6 Å². The molecule has 0 radical (unpaired) electrons. The van der Waals surface area contributed by atoms with Crippen LogP contribution in [-0.4, -0.2) is 21.4 Å². The second-order valence-corrected chi connectivity index (χ2v) is 8.67. The summed E-state index contributed by atoms with van der Waals surface area (Å²) in [5.41, 5.74) is 3.17. The van der Waals surface area contributed by atoms with Crippen LogP contribution in [0.3, 0.4) is 0 Å². The van der Waals surface area contributed by atoms with Gasteiger partial charge in [-0.05, 0) is 42.8 Å². The highest BCUT2D eigenvalue weighted by molar-refractivity contribution is 7.89. The fourth-order valence-corrected chi connectivity index (χ4v) is 4.27. The van der Waals surface area contributed by atoms with Crippen LogP contribution in [0, 0.1) is 6.92 Å². The minimum absolute atomic E-state index is 0.0941. The molecular formula is C23H24N2O3S. The van der Waals surface area contributed by atoms with Crippen LogP contribution in [0.4, 0.5) is 5.69 Å². The Morgan fingerprint density at radius 2 is 1.45 bits per heavy atom. The molecule has 3 aromatic carbocycles. The minimum Gasteiger partial charge on any atom is -0.326 e. The number of rotatable bonds is 7. The van der Waals surface area contributed by atoms with Crippen molar-refractivity contribution in [2.24, 2.45) is 0 Å². The molecule has 0 saturated heterocycles. The number of hydrogen-bond acceptors (Lipinski definition) is 3. The van der Waals surface area contributed by atoms with Gasteiger partial charge in [-0.25, -0.2) is 13.1 Å². The second kappa shape index (κ2) is 9.03. The maximum Gasteiger partial charge on any atom is 0.240 e. The van der Waals surface area contributed by atoms with Crippen molar-refractivity contribution in [2.45, 2.75) is 24.2 Å². The maximum atomic E-state index is 12.8. The summed E-state index contributed by atoms with van der Waals surface area (Å²) in [4.78, 5) is 13.0. The first-order chi connectivity index (χ1) is 13.9. The predicted molar refractivity (Wildman–Crippen MR) is 115 cm³/mol. The Labute approximate surface area is 171 Å². The summed E-state index contributed by atoms with van der Waals surface area (Å²) < 4.78 is 26.7. The number of amides is 1. The molecule has 0 saturated carbocycles. The van der Waals surface area contributed by atoms with Crippen LogP contribution in [0.25, 0.3) is 0 Å². The van der Waals surface area contributed by atoms with Gasteiger partial charge in [0.25, 0.3) is 0 Å². The van der Waals surface area contributed by atoms with Crippen LogP contribution in [0.5, 0.6) is 0 Å². The molecule has 150 valence electrons. The lowest BCUT2D eigenvalue weighted by Gasteiger charge is -2.18. The monoisotopic (exact) mass is 408 g/mol. The van der Waals surface area contributed by atoms with E-state index in [9.17, 15) is 13.2 Å². The van der Waals surface area contributed by atoms with Crippen LogP contribution in [0.2, 0.25) is 0 Å². The zero-order chi connectivity index (χ0) is 20.9. The standard InChI is InChI=1S/C23H24N2O3S/c1-17-13-14-20(15-22(17)29(27,28)24-2)25-23(26)16-21(18-9-5-3-6-10-18)19-11-7-4-8-12-19/h3-15,21,24H,16H2,1-2H3,(H,25,26). The lowest BCUT2D eigenvalue weighted by Crippen LogP contribution is -2.20. The van der Waals surface area contributed by atoms with Gasteiger partial charge in [-0.3, -0.25) is 4.79 Å². The molecule has 0 spiro atoms. The quantitative estimate of drug-likeness (QED) is 0.619. The van der Waals surface area contributed by atoms with Gasteiger partial charge in [-0.2, -0.15) is 0 Å². The predicted octanol–water partition coefficient (Wildman–Crippen LogP) is 4.06. The van der Waals surface area contributed by atoms with Crippen molar-refractivity contribution < 1.29 is 13.2 Å². The van der Waals surface area contributed by atoms with E-state index in [0.29, 0.717) is 11.3 Å². The summed E-state index contributed by atoms with van der Waals surface area (Å²) >= 11 is 0. The first-order valence-corrected chi connectivity index (χ1v) is 10.8. The number of anilines is 1. The van der Waals surface area contributed by atoms with E-state index in [2.05, 4.69) is 10.0 Å². The Morgan fingerprint density at radius 3 is 1.97 bits per heavy atom. The van der Waals surface area contributed by atoms with Gasteiger partial charge in [0, 0.05) is 18.0 Å². The fraction of sp³-hybridized carbons (Fsp3) is 0.174. The lowest BCUT2D eigenvalue weighted by atomic mass is 9.88. The van der Waals surface area contributed by atoms with Gasteiger partial charge >= 0.3 is 0 Å². The van der Waals surface area contributed by atoms with Crippen molar-refractivity contribution in [1.82, 2.24) is 4.72 Å². The second-order valence-electron chi connectivity index (χ2n) is 6.81. The number of sulfonamides is 1. The Morgan fingerprint density at radius 1 is 0.897 bits per heavy atom. The van der Waals surface area contributed by atoms with Gasteiger partial charge in [-0.15, -0.1) is 0 Å². The van der Waals surface area contributed by atoms with Gasteiger partial charge in [0.1, 0.15) is 0 Å². The summed E-state index contributed by atoms with van der Waals surface area (Å²) in [6.45, 7) is 1.72. The first-order valence-electron chi connectivity index (χ1n) is 9.34. The third kappa shape index (κ3) is 5.10. The SMILES string of the molecule is CNS(=O)(=O)c1cc(NC(=O)CC(c2ccccc2)c2ccccc2)ccc1C. The summed E-state index contributed by atoms with van der Waals surface area (Å²) in [5, 5.41) is 2.84. The summed E-state index contributed by atoms with van der Waals surface area (Å²) in [6.07, 6.45) is 0.246. The molecule has 0 fully saturated rings. The molecule has 0 aromatic heterocycles. The minimum atomic E-state index is -3.60. The fourth-order valence-electron chi connectivity index (χ4n) is 3.27. The number of nitrogens with one attached hydrogen (secondary N) is 2. The zero-order valence-corrected chi connectivity index (χ0v) is 17.2. The van der Waals surface area contributed by atoms with Crippen molar-refractivity contribution in [2.75, 3.05) is 12.4 Å². The van der Waals surface area contributed by atoms with Crippen LogP contribution in [0.1, 0.15) is 29.0 Å². The lowest BCUT2D eigenvalue weighted by molar-refractivity contribution is -0.116. The molecule has 5 nitrogen and oxygen atoms in total. The van der Waals surface area contributed by atoms with E-state index < -0.39 is 10.0 Å². The van der Waals surface area contributed by atoms with Crippen LogP contribution < -0.4 is 10.0 Å². The molecule has 0 unspecified atom stereocenters. The first kappa shape index (κ1) is 20.8. The van der Waals surface area contributed by atoms with E-state index in [4.69, 9.17) is 0 Å². The molecule has 0 bridgehead atoms. The number of hydrogen-bond donors (Lipinski definition) is 2. The van der Waals surface area contributed by atoms with Crippen molar-refractivity contribution in [3.8, 4) is 0 Å². The molecule has 6 heteroatoms. The number of carbonyl (C=O) groups excluding carboxylic acids is 1. The summed E-state index contributed by atoms with van der Waals surface area (Å²) in [7, 11) is -2.23. The molecular weight excluding hydrogens is 384 g/mol. The number of benzene rings is 3. The van der Waals surface area contributed by atoms with Gasteiger partial charge in [-0.1, -0.05) is 66.7 Å². The molecule has 3 aromatic rings.